The fourth-order valence-corrected chi connectivity index (χ4v) is 2.13. The van der Waals surface area contributed by atoms with Crippen LogP contribution in [0, 0.1) is 5.92 Å². The smallest absolute Gasteiger partial charge is 0.307 e. The second-order valence-electron chi connectivity index (χ2n) is 4.36. The van der Waals surface area contributed by atoms with Crippen molar-refractivity contribution in [3.8, 4) is 11.5 Å². The first-order valence-electron chi connectivity index (χ1n) is 6.29. The first-order valence-corrected chi connectivity index (χ1v) is 6.29. The fourth-order valence-electron chi connectivity index (χ4n) is 2.13. The van der Waals surface area contributed by atoms with Gasteiger partial charge in [0.05, 0.1) is 19.1 Å². The van der Waals surface area contributed by atoms with Crippen LogP contribution in [-0.2, 0) is 4.79 Å². The van der Waals surface area contributed by atoms with Gasteiger partial charge >= 0.3 is 5.97 Å². The Morgan fingerprint density at radius 3 is 2.50 bits per heavy atom. The molecule has 2 unspecified atom stereocenters. The molecule has 1 aromatic carbocycles. The van der Waals surface area contributed by atoms with Crippen molar-refractivity contribution in [2.24, 2.45) is 5.92 Å². The SMILES string of the molecule is CCOc1ccc(C2CC2C(=O)O)cc1OCC. The monoisotopic (exact) mass is 250 g/mol. The van der Waals surface area contributed by atoms with Crippen LogP contribution >= 0.6 is 0 Å². The molecular formula is C14H18O4. The number of carboxylic acid groups (broad SMARTS) is 1. The number of benzene rings is 1. The molecule has 1 fully saturated rings. The highest BCUT2D eigenvalue weighted by Gasteiger charge is 2.44. The van der Waals surface area contributed by atoms with Crippen molar-refractivity contribution in [3.63, 3.8) is 0 Å². The summed E-state index contributed by atoms with van der Waals surface area (Å²) in [6.07, 6.45) is 0.717. The van der Waals surface area contributed by atoms with Crippen LogP contribution in [-0.4, -0.2) is 24.3 Å². The largest absolute Gasteiger partial charge is 0.490 e. The molecule has 0 saturated heterocycles. The van der Waals surface area contributed by atoms with Gasteiger partial charge < -0.3 is 14.6 Å². The molecule has 0 spiro atoms. The molecule has 2 atom stereocenters. The molecule has 0 aromatic heterocycles. The Morgan fingerprint density at radius 2 is 1.94 bits per heavy atom. The molecule has 1 N–H and O–H groups in total. The number of hydrogen-bond donors (Lipinski definition) is 1. The van der Waals surface area contributed by atoms with Gasteiger partial charge in [-0.15, -0.1) is 0 Å². The summed E-state index contributed by atoms with van der Waals surface area (Å²) < 4.78 is 11.0. The summed E-state index contributed by atoms with van der Waals surface area (Å²) in [6, 6.07) is 5.70. The van der Waals surface area contributed by atoms with Gasteiger partial charge in [0, 0.05) is 0 Å². The van der Waals surface area contributed by atoms with Crippen LogP contribution in [0.1, 0.15) is 31.7 Å². The molecule has 0 aliphatic heterocycles. The van der Waals surface area contributed by atoms with Crippen LogP contribution < -0.4 is 9.47 Å². The van der Waals surface area contributed by atoms with E-state index in [4.69, 9.17) is 14.6 Å². The van der Waals surface area contributed by atoms with E-state index in [0.717, 1.165) is 17.7 Å². The Bertz CT molecular complexity index is 441. The minimum atomic E-state index is -0.716. The standard InChI is InChI=1S/C14H18O4/c1-3-17-12-6-5-9(7-13(12)18-4-2)10-8-11(10)14(15)16/h5-7,10-11H,3-4,8H2,1-2H3,(H,15,16). The van der Waals surface area contributed by atoms with Gasteiger partial charge in [-0.05, 0) is 43.9 Å². The lowest BCUT2D eigenvalue weighted by Crippen LogP contribution is -2.01. The highest BCUT2D eigenvalue weighted by atomic mass is 16.5. The fraction of sp³-hybridized carbons (Fsp3) is 0.500. The number of aliphatic carboxylic acids is 1. The molecule has 0 amide bonds. The predicted octanol–water partition coefficient (Wildman–Crippen LogP) is 2.67. The highest BCUT2D eigenvalue weighted by Crippen LogP contribution is 2.49. The average Bonchev–Trinajstić information content (AvgIpc) is 3.12. The summed E-state index contributed by atoms with van der Waals surface area (Å²) in [6.45, 7) is 4.99. The highest BCUT2D eigenvalue weighted by molar-refractivity contribution is 5.75. The minimum absolute atomic E-state index is 0.123. The van der Waals surface area contributed by atoms with E-state index >= 15 is 0 Å². The predicted molar refractivity (Wildman–Crippen MR) is 67.3 cm³/mol. The van der Waals surface area contributed by atoms with Crippen LogP contribution in [0.2, 0.25) is 0 Å². The zero-order valence-corrected chi connectivity index (χ0v) is 10.7. The lowest BCUT2D eigenvalue weighted by Gasteiger charge is -2.12. The molecular weight excluding hydrogens is 232 g/mol. The van der Waals surface area contributed by atoms with Crippen LogP contribution in [0.3, 0.4) is 0 Å². The Balaban J connectivity index is 2.18. The van der Waals surface area contributed by atoms with Crippen molar-refractivity contribution in [2.75, 3.05) is 13.2 Å². The Hall–Kier alpha value is -1.71. The second kappa shape index (κ2) is 5.29. The molecule has 0 heterocycles. The summed E-state index contributed by atoms with van der Waals surface area (Å²) in [5.41, 5.74) is 1.02. The van der Waals surface area contributed by atoms with Crippen LogP contribution in [0.5, 0.6) is 11.5 Å². The van der Waals surface area contributed by atoms with Gasteiger partial charge in [-0.25, -0.2) is 0 Å². The Kier molecular flexibility index (Phi) is 3.75. The van der Waals surface area contributed by atoms with E-state index in [9.17, 15) is 4.79 Å². The summed E-state index contributed by atoms with van der Waals surface area (Å²) in [5, 5.41) is 8.94. The van der Waals surface area contributed by atoms with E-state index in [1.165, 1.54) is 0 Å². The topological polar surface area (TPSA) is 55.8 Å². The summed E-state index contributed by atoms with van der Waals surface area (Å²) >= 11 is 0. The van der Waals surface area contributed by atoms with Crippen molar-refractivity contribution < 1.29 is 19.4 Å². The summed E-state index contributed by atoms with van der Waals surface area (Å²) in [5.74, 6) is 0.588. The van der Waals surface area contributed by atoms with Gasteiger partial charge in [0.2, 0.25) is 0 Å². The molecule has 1 aromatic rings. The van der Waals surface area contributed by atoms with Gasteiger partial charge in [-0.3, -0.25) is 4.79 Å². The van der Waals surface area contributed by atoms with Crippen LogP contribution in [0.4, 0.5) is 0 Å². The maximum Gasteiger partial charge on any atom is 0.307 e. The van der Waals surface area contributed by atoms with E-state index in [1.54, 1.807) is 0 Å². The van der Waals surface area contributed by atoms with Crippen LogP contribution in [0.15, 0.2) is 18.2 Å². The number of rotatable bonds is 6. The number of carboxylic acids is 1. The van der Waals surface area contributed by atoms with Crippen molar-refractivity contribution in [2.45, 2.75) is 26.2 Å². The Morgan fingerprint density at radius 1 is 1.28 bits per heavy atom. The van der Waals surface area contributed by atoms with Gasteiger partial charge in [-0.2, -0.15) is 0 Å². The summed E-state index contributed by atoms with van der Waals surface area (Å²) in [7, 11) is 0. The first-order chi connectivity index (χ1) is 8.67. The van der Waals surface area contributed by atoms with E-state index in [0.29, 0.717) is 19.0 Å². The maximum absolute atomic E-state index is 10.9. The quantitative estimate of drug-likeness (QED) is 0.843. The normalized spacial score (nSPS) is 21.4. The van der Waals surface area contributed by atoms with Crippen molar-refractivity contribution in [3.05, 3.63) is 23.8 Å². The molecule has 0 radical (unpaired) electrons. The zero-order chi connectivity index (χ0) is 13.1. The molecule has 4 nitrogen and oxygen atoms in total. The maximum atomic E-state index is 10.9. The van der Waals surface area contributed by atoms with Crippen LogP contribution in [0.25, 0.3) is 0 Å². The molecule has 1 aliphatic carbocycles. The molecule has 1 saturated carbocycles. The first kappa shape index (κ1) is 12.7. The van der Waals surface area contributed by atoms with E-state index in [-0.39, 0.29) is 11.8 Å². The third kappa shape index (κ3) is 2.58. The van der Waals surface area contributed by atoms with Gasteiger partial charge in [-0.1, -0.05) is 6.07 Å². The van der Waals surface area contributed by atoms with Gasteiger partial charge in [0.15, 0.2) is 11.5 Å². The molecule has 1 aliphatic rings. The third-order valence-electron chi connectivity index (χ3n) is 3.10. The van der Waals surface area contributed by atoms with E-state index in [1.807, 2.05) is 32.0 Å². The molecule has 18 heavy (non-hydrogen) atoms. The number of carbonyl (C=O) groups is 1. The van der Waals surface area contributed by atoms with Gasteiger partial charge in [0.1, 0.15) is 0 Å². The second-order valence-corrected chi connectivity index (χ2v) is 4.36. The molecule has 98 valence electrons. The lowest BCUT2D eigenvalue weighted by molar-refractivity contribution is -0.138. The molecule has 4 heteroatoms. The number of hydrogen-bond acceptors (Lipinski definition) is 3. The third-order valence-corrected chi connectivity index (χ3v) is 3.10. The van der Waals surface area contributed by atoms with E-state index in [2.05, 4.69) is 0 Å². The number of ether oxygens (including phenoxy) is 2. The lowest BCUT2D eigenvalue weighted by atomic mass is 10.1. The van der Waals surface area contributed by atoms with Crippen molar-refractivity contribution in [1.82, 2.24) is 0 Å². The Labute approximate surface area is 107 Å². The zero-order valence-electron chi connectivity index (χ0n) is 10.7. The average molecular weight is 250 g/mol. The minimum Gasteiger partial charge on any atom is -0.490 e. The van der Waals surface area contributed by atoms with Crippen molar-refractivity contribution in [1.29, 1.82) is 0 Å². The molecule has 0 bridgehead atoms. The summed E-state index contributed by atoms with van der Waals surface area (Å²) in [4.78, 5) is 10.9. The van der Waals surface area contributed by atoms with Crippen molar-refractivity contribution >= 4 is 5.97 Å². The molecule has 2 rings (SSSR count). The van der Waals surface area contributed by atoms with E-state index < -0.39 is 5.97 Å². The van der Waals surface area contributed by atoms with Gasteiger partial charge in [0.25, 0.3) is 0 Å².